The number of carbonyl (C=O) groups is 2. The van der Waals surface area contributed by atoms with Crippen LogP contribution in [0, 0.1) is 12.3 Å². The number of nitrogens with one attached hydrogen (secondary N) is 1. The Hall–Kier alpha value is -2.06. The molecule has 150 valence electrons. The second-order valence-corrected chi connectivity index (χ2v) is 7.49. The van der Waals surface area contributed by atoms with Crippen LogP contribution in [0.25, 0.3) is 0 Å². The molecule has 9 heteroatoms. The van der Waals surface area contributed by atoms with E-state index in [1.807, 2.05) is 6.92 Å². The van der Waals surface area contributed by atoms with Gasteiger partial charge in [0.15, 0.2) is 5.76 Å². The van der Waals surface area contributed by atoms with Crippen molar-refractivity contribution < 1.29 is 27.3 Å². The first-order chi connectivity index (χ1) is 12.7. The van der Waals surface area contributed by atoms with E-state index in [4.69, 9.17) is 4.52 Å². The van der Waals surface area contributed by atoms with Crippen molar-refractivity contribution in [2.45, 2.75) is 77.2 Å². The van der Waals surface area contributed by atoms with Gasteiger partial charge in [0, 0.05) is 24.6 Å². The zero-order valence-electron chi connectivity index (χ0n) is 15.4. The minimum absolute atomic E-state index is 0.158. The summed E-state index contributed by atoms with van der Waals surface area (Å²) in [6.07, 6.45) is -3.65. The molecule has 2 fully saturated rings. The molecule has 0 saturated carbocycles. The summed E-state index contributed by atoms with van der Waals surface area (Å²) < 4.78 is 42.5. The Kier molecular flexibility index (Phi) is 5.22. The molecule has 3 rings (SSSR count). The molecule has 1 N–H and O–H groups in total. The SMILES string of the molecule is CC[C@@]1(C(=O)NCc2cc(C)no2)C[C@@H]2CC[C@H]1N2C(=O)CCC(F)(F)F. The van der Waals surface area contributed by atoms with Crippen molar-refractivity contribution in [2.75, 3.05) is 0 Å². The number of nitrogens with zero attached hydrogens (tertiary/aromatic N) is 2. The summed E-state index contributed by atoms with van der Waals surface area (Å²) in [5.41, 5.74) is -0.0443. The Bertz CT molecular complexity index is 718. The first-order valence-electron chi connectivity index (χ1n) is 9.24. The van der Waals surface area contributed by atoms with Crippen molar-refractivity contribution in [1.29, 1.82) is 0 Å². The Balaban J connectivity index is 1.68. The molecule has 0 unspecified atom stereocenters. The Morgan fingerprint density at radius 2 is 2.15 bits per heavy atom. The van der Waals surface area contributed by atoms with Crippen molar-refractivity contribution >= 4 is 11.8 Å². The number of hydrogen-bond acceptors (Lipinski definition) is 4. The molecule has 0 aliphatic carbocycles. The summed E-state index contributed by atoms with van der Waals surface area (Å²) in [7, 11) is 0. The van der Waals surface area contributed by atoms with Gasteiger partial charge in [-0.25, -0.2) is 0 Å². The highest BCUT2D eigenvalue weighted by atomic mass is 19.4. The van der Waals surface area contributed by atoms with E-state index in [1.54, 1.807) is 17.9 Å². The van der Waals surface area contributed by atoms with Gasteiger partial charge in [-0.2, -0.15) is 13.2 Å². The van der Waals surface area contributed by atoms with Crippen molar-refractivity contribution in [1.82, 2.24) is 15.4 Å². The summed E-state index contributed by atoms with van der Waals surface area (Å²) in [6.45, 7) is 3.86. The smallest absolute Gasteiger partial charge is 0.359 e. The van der Waals surface area contributed by atoms with Crippen LogP contribution in [-0.4, -0.2) is 40.1 Å². The lowest BCUT2D eigenvalue weighted by Gasteiger charge is -2.35. The average molecular weight is 387 g/mol. The minimum Gasteiger partial charge on any atom is -0.359 e. The molecule has 0 aromatic carbocycles. The van der Waals surface area contributed by atoms with Gasteiger partial charge in [-0.15, -0.1) is 0 Å². The summed E-state index contributed by atoms with van der Waals surface area (Å²) in [4.78, 5) is 26.9. The number of rotatable bonds is 6. The number of carbonyl (C=O) groups excluding carboxylic acids is 2. The van der Waals surface area contributed by atoms with Crippen LogP contribution in [0.2, 0.25) is 0 Å². The van der Waals surface area contributed by atoms with Crippen molar-refractivity contribution in [3.63, 3.8) is 0 Å². The molecule has 2 bridgehead atoms. The predicted octanol–water partition coefficient (Wildman–Crippen LogP) is 3.10. The quantitative estimate of drug-likeness (QED) is 0.814. The van der Waals surface area contributed by atoms with Gasteiger partial charge in [-0.3, -0.25) is 9.59 Å². The number of aromatic nitrogens is 1. The number of halogens is 3. The second-order valence-electron chi connectivity index (χ2n) is 7.49. The molecule has 3 atom stereocenters. The van der Waals surface area contributed by atoms with Crippen molar-refractivity contribution in [3.8, 4) is 0 Å². The van der Waals surface area contributed by atoms with Crippen LogP contribution in [0.4, 0.5) is 13.2 Å². The lowest BCUT2D eigenvalue weighted by atomic mass is 9.71. The van der Waals surface area contributed by atoms with Gasteiger partial charge in [0.2, 0.25) is 11.8 Å². The fourth-order valence-corrected chi connectivity index (χ4v) is 4.57. The zero-order valence-corrected chi connectivity index (χ0v) is 15.4. The van der Waals surface area contributed by atoms with E-state index >= 15 is 0 Å². The maximum Gasteiger partial charge on any atom is 0.389 e. The van der Waals surface area contributed by atoms with E-state index in [1.165, 1.54) is 0 Å². The van der Waals surface area contributed by atoms with Crippen LogP contribution in [-0.2, 0) is 16.1 Å². The molecule has 2 saturated heterocycles. The molecular weight excluding hydrogens is 363 g/mol. The van der Waals surface area contributed by atoms with Gasteiger partial charge in [0.25, 0.3) is 0 Å². The number of hydrogen-bond donors (Lipinski definition) is 1. The molecule has 27 heavy (non-hydrogen) atoms. The first kappa shape index (κ1) is 19.7. The molecule has 2 amide bonds. The summed E-state index contributed by atoms with van der Waals surface area (Å²) in [5.74, 6) is -0.151. The van der Waals surface area contributed by atoms with Crippen LogP contribution < -0.4 is 5.32 Å². The fourth-order valence-electron chi connectivity index (χ4n) is 4.57. The van der Waals surface area contributed by atoms with E-state index < -0.39 is 30.3 Å². The fraction of sp³-hybridized carbons (Fsp3) is 0.722. The summed E-state index contributed by atoms with van der Waals surface area (Å²) in [6, 6.07) is 1.23. The predicted molar refractivity (Wildman–Crippen MR) is 89.4 cm³/mol. The zero-order chi connectivity index (χ0) is 19.8. The standard InChI is InChI=1S/C18H24F3N3O3/c1-3-17(16(26)22-10-13-8-11(2)23-27-13)9-12-4-5-14(17)24(12)15(25)6-7-18(19,20)21/h8,12,14H,3-7,9-10H2,1-2H3,(H,22,26)/t12-,14+,17+/m0/s1. The molecule has 0 radical (unpaired) electrons. The van der Waals surface area contributed by atoms with E-state index in [9.17, 15) is 22.8 Å². The average Bonchev–Trinajstić information content (AvgIpc) is 3.30. The normalized spacial score (nSPS) is 27.2. The molecule has 1 aromatic heterocycles. The van der Waals surface area contributed by atoms with Gasteiger partial charge >= 0.3 is 6.18 Å². The highest BCUT2D eigenvalue weighted by Gasteiger charge is 2.60. The first-order valence-corrected chi connectivity index (χ1v) is 9.24. The lowest BCUT2D eigenvalue weighted by molar-refractivity contribution is -0.150. The lowest BCUT2D eigenvalue weighted by Crippen LogP contribution is -2.49. The van der Waals surface area contributed by atoms with Gasteiger partial charge in [0.1, 0.15) is 0 Å². The number of aryl methyl sites for hydroxylation is 1. The Morgan fingerprint density at radius 1 is 1.41 bits per heavy atom. The molecule has 1 aromatic rings. The highest BCUT2D eigenvalue weighted by molar-refractivity contribution is 5.87. The van der Waals surface area contributed by atoms with Gasteiger partial charge in [-0.1, -0.05) is 12.1 Å². The van der Waals surface area contributed by atoms with Crippen LogP contribution in [0.3, 0.4) is 0 Å². The third-order valence-electron chi connectivity index (χ3n) is 5.83. The van der Waals surface area contributed by atoms with E-state index in [0.717, 1.165) is 6.42 Å². The molecule has 0 spiro atoms. The second kappa shape index (κ2) is 7.16. The van der Waals surface area contributed by atoms with E-state index in [-0.39, 0.29) is 24.5 Å². The van der Waals surface area contributed by atoms with E-state index in [2.05, 4.69) is 10.5 Å². The topological polar surface area (TPSA) is 75.4 Å². The van der Waals surface area contributed by atoms with Gasteiger partial charge < -0.3 is 14.7 Å². The molecule has 2 aliphatic heterocycles. The maximum atomic E-state index is 13.0. The Morgan fingerprint density at radius 3 is 2.74 bits per heavy atom. The highest BCUT2D eigenvalue weighted by Crippen LogP contribution is 2.52. The van der Waals surface area contributed by atoms with Gasteiger partial charge in [0.05, 0.1) is 24.1 Å². The number of amides is 2. The Labute approximate surface area is 155 Å². The minimum atomic E-state index is -4.36. The molecular formula is C18H24F3N3O3. The molecule has 2 aliphatic rings. The van der Waals surface area contributed by atoms with Crippen LogP contribution >= 0.6 is 0 Å². The molecule has 3 heterocycles. The monoisotopic (exact) mass is 387 g/mol. The molecule has 6 nitrogen and oxygen atoms in total. The number of alkyl halides is 3. The van der Waals surface area contributed by atoms with Crippen LogP contribution in [0.15, 0.2) is 10.6 Å². The largest absolute Gasteiger partial charge is 0.389 e. The number of fused-ring (bicyclic) bond motifs is 2. The van der Waals surface area contributed by atoms with Crippen molar-refractivity contribution in [2.24, 2.45) is 5.41 Å². The van der Waals surface area contributed by atoms with Gasteiger partial charge in [-0.05, 0) is 32.6 Å². The van der Waals surface area contributed by atoms with Crippen LogP contribution in [0.5, 0.6) is 0 Å². The third-order valence-corrected chi connectivity index (χ3v) is 5.83. The maximum absolute atomic E-state index is 13.0. The van der Waals surface area contributed by atoms with Crippen molar-refractivity contribution in [3.05, 3.63) is 17.5 Å². The van der Waals surface area contributed by atoms with E-state index in [0.29, 0.717) is 30.7 Å². The summed E-state index contributed by atoms with van der Waals surface area (Å²) in [5, 5.41) is 6.63. The summed E-state index contributed by atoms with van der Waals surface area (Å²) >= 11 is 0. The van der Waals surface area contributed by atoms with Crippen LogP contribution in [0.1, 0.15) is 56.9 Å². The third kappa shape index (κ3) is 3.82.